The number of Topliss-reactive ketones (excluding diaryl/α,β-unsaturated/α-hetero) is 1. The van der Waals surface area contributed by atoms with Crippen LogP contribution in [0.5, 0.6) is 11.5 Å². The standard InChI is InChI=1S/C15H13NO4/c1-9(17)10-6-7-11(13(18)8-10)15(19)20-14-5-3-2-4-12(14)16/h2-8,18H,16H2,1H3. The van der Waals surface area contributed by atoms with Gasteiger partial charge in [0.2, 0.25) is 0 Å². The Balaban J connectivity index is 2.26. The van der Waals surface area contributed by atoms with Crippen LogP contribution in [0.1, 0.15) is 27.6 Å². The number of esters is 1. The number of nitrogens with two attached hydrogens (primary N) is 1. The van der Waals surface area contributed by atoms with E-state index in [0.717, 1.165) is 0 Å². The van der Waals surface area contributed by atoms with Crippen molar-refractivity contribution in [3.63, 3.8) is 0 Å². The number of rotatable bonds is 3. The molecule has 2 aromatic carbocycles. The lowest BCUT2D eigenvalue weighted by Gasteiger charge is -2.08. The summed E-state index contributed by atoms with van der Waals surface area (Å²) >= 11 is 0. The first-order valence-electron chi connectivity index (χ1n) is 5.89. The summed E-state index contributed by atoms with van der Waals surface area (Å²) in [6.45, 7) is 1.37. The highest BCUT2D eigenvalue weighted by Crippen LogP contribution is 2.24. The minimum Gasteiger partial charge on any atom is -0.507 e. The molecule has 0 bridgehead atoms. The molecule has 0 aliphatic heterocycles. The lowest BCUT2D eigenvalue weighted by molar-refractivity contribution is 0.0732. The van der Waals surface area contributed by atoms with E-state index in [1.165, 1.54) is 25.1 Å². The summed E-state index contributed by atoms with van der Waals surface area (Å²) in [4.78, 5) is 23.1. The van der Waals surface area contributed by atoms with Gasteiger partial charge in [0.15, 0.2) is 11.5 Å². The van der Waals surface area contributed by atoms with E-state index in [2.05, 4.69) is 0 Å². The molecule has 5 heteroatoms. The maximum absolute atomic E-state index is 11.9. The Hall–Kier alpha value is -2.82. The number of benzene rings is 2. The second-order valence-corrected chi connectivity index (χ2v) is 4.22. The zero-order valence-corrected chi connectivity index (χ0v) is 10.8. The molecule has 0 fully saturated rings. The predicted octanol–water partition coefficient (Wildman–Crippen LogP) is 2.40. The fourth-order valence-electron chi connectivity index (χ4n) is 1.65. The lowest BCUT2D eigenvalue weighted by Crippen LogP contribution is -2.10. The normalized spacial score (nSPS) is 10.1. The molecule has 0 saturated heterocycles. The second-order valence-electron chi connectivity index (χ2n) is 4.22. The van der Waals surface area contributed by atoms with Gasteiger partial charge in [0, 0.05) is 5.56 Å². The van der Waals surface area contributed by atoms with E-state index in [-0.39, 0.29) is 22.8 Å². The first kappa shape index (κ1) is 13.6. The molecule has 0 spiro atoms. The van der Waals surface area contributed by atoms with Crippen LogP contribution in [-0.2, 0) is 0 Å². The molecule has 0 atom stereocenters. The van der Waals surface area contributed by atoms with Gasteiger partial charge in [-0.15, -0.1) is 0 Å². The monoisotopic (exact) mass is 271 g/mol. The van der Waals surface area contributed by atoms with Crippen LogP contribution >= 0.6 is 0 Å². The maximum atomic E-state index is 11.9. The molecule has 0 saturated carbocycles. The lowest BCUT2D eigenvalue weighted by atomic mass is 10.1. The summed E-state index contributed by atoms with van der Waals surface area (Å²) < 4.78 is 5.10. The second kappa shape index (κ2) is 5.44. The van der Waals surface area contributed by atoms with Crippen LogP contribution in [0.15, 0.2) is 42.5 Å². The van der Waals surface area contributed by atoms with Gasteiger partial charge in [-0.3, -0.25) is 4.79 Å². The number of ether oxygens (including phenoxy) is 1. The number of para-hydroxylation sites is 2. The molecule has 102 valence electrons. The third kappa shape index (κ3) is 2.77. The van der Waals surface area contributed by atoms with Crippen LogP contribution in [0, 0.1) is 0 Å². The van der Waals surface area contributed by atoms with E-state index in [1.807, 2.05) is 0 Å². The van der Waals surface area contributed by atoms with Gasteiger partial charge in [0.05, 0.1) is 5.69 Å². The van der Waals surface area contributed by atoms with Crippen molar-refractivity contribution in [2.75, 3.05) is 5.73 Å². The van der Waals surface area contributed by atoms with E-state index < -0.39 is 5.97 Å². The van der Waals surface area contributed by atoms with Crippen molar-refractivity contribution in [2.24, 2.45) is 0 Å². The SMILES string of the molecule is CC(=O)c1ccc(C(=O)Oc2ccccc2N)c(O)c1. The van der Waals surface area contributed by atoms with E-state index in [9.17, 15) is 14.7 Å². The van der Waals surface area contributed by atoms with Crippen molar-refractivity contribution in [1.82, 2.24) is 0 Å². The average Bonchev–Trinajstić information content (AvgIpc) is 2.41. The third-order valence-electron chi connectivity index (χ3n) is 2.75. The average molecular weight is 271 g/mol. The van der Waals surface area contributed by atoms with Gasteiger partial charge in [-0.1, -0.05) is 18.2 Å². The summed E-state index contributed by atoms with van der Waals surface area (Å²) in [6.07, 6.45) is 0. The van der Waals surface area contributed by atoms with E-state index >= 15 is 0 Å². The molecule has 0 amide bonds. The molecule has 2 rings (SSSR count). The number of hydrogen-bond donors (Lipinski definition) is 2. The van der Waals surface area contributed by atoms with Gasteiger partial charge < -0.3 is 15.6 Å². The zero-order chi connectivity index (χ0) is 14.7. The maximum Gasteiger partial charge on any atom is 0.347 e. The van der Waals surface area contributed by atoms with Gasteiger partial charge in [-0.2, -0.15) is 0 Å². The highest BCUT2D eigenvalue weighted by molar-refractivity contribution is 5.98. The fraction of sp³-hybridized carbons (Fsp3) is 0.0667. The van der Waals surface area contributed by atoms with Crippen molar-refractivity contribution >= 4 is 17.4 Å². The summed E-state index contributed by atoms with van der Waals surface area (Å²) in [5.74, 6) is -1.03. The third-order valence-corrected chi connectivity index (χ3v) is 2.75. The molecule has 20 heavy (non-hydrogen) atoms. The number of nitrogen functional groups attached to an aromatic ring is 1. The molecule has 3 N–H and O–H groups in total. The predicted molar refractivity (Wildman–Crippen MR) is 73.9 cm³/mol. The van der Waals surface area contributed by atoms with E-state index in [0.29, 0.717) is 11.3 Å². The van der Waals surface area contributed by atoms with Crippen LogP contribution in [0.3, 0.4) is 0 Å². The summed E-state index contributed by atoms with van der Waals surface area (Å²) in [5.41, 5.74) is 6.27. The minimum atomic E-state index is -0.740. The van der Waals surface area contributed by atoms with Crippen molar-refractivity contribution in [3.05, 3.63) is 53.6 Å². The Bertz CT molecular complexity index is 679. The van der Waals surface area contributed by atoms with Crippen LogP contribution in [0.25, 0.3) is 0 Å². The zero-order valence-electron chi connectivity index (χ0n) is 10.8. The smallest absolute Gasteiger partial charge is 0.347 e. The van der Waals surface area contributed by atoms with Crippen LogP contribution < -0.4 is 10.5 Å². The molecular weight excluding hydrogens is 258 g/mol. The highest BCUT2D eigenvalue weighted by atomic mass is 16.5. The molecular formula is C15H13NO4. The largest absolute Gasteiger partial charge is 0.507 e. The number of carbonyl (C=O) groups is 2. The summed E-state index contributed by atoms with van der Waals surface area (Å²) in [7, 11) is 0. The molecule has 0 aliphatic rings. The Labute approximate surface area is 115 Å². The van der Waals surface area contributed by atoms with Crippen molar-refractivity contribution in [3.8, 4) is 11.5 Å². The van der Waals surface area contributed by atoms with Gasteiger partial charge >= 0.3 is 5.97 Å². The number of carbonyl (C=O) groups excluding carboxylic acids is 2. The summed E-state index contributed by atoms with van der Waals surface area (Å²) in [6, 6.07) is 10.6. The Morgan fingerprint density at radius 2 is 1.85 bits per heavy atom. The number of aromatic hydroxyl groups is 1. The van der Waals surface area contributed by atoms with Crippen LogP contribution in [-0.4, -0.2) is 16.9 Å². The van der Waals surface area contributed by atoms with Crippen molar-refractivity contribution in [1.29, 1.82) is 0 Å². The van der Waals surface area contributed by atoms with Gasteiger partial charge in [-0.05, 0) is 31.2 Å². The number of phenols is 1. The molecule has 0 aromatic heterocycles. The Morgan fingerprint density at radius 3 is 2.45 bits per heavy atom. The van der Waals surface area contributed by atoms with Gasteiger partial charge in [0.1, 0.15) is 11.3 Å². The number of hydrogen-bond acceptors (Lipinski definition) is 5. The fourth-order valence-corrected chi connectivity index (χ4v) is 1.65. The van der Waals surface area contributed by atoms with Crippen molar-refractivity contribution in [2.45, 2.75) is 6.92 Å². The van der Waals surface area contributed by atoms with Crippen LogP contribution in [0.2, 0.25) is 0 Å². The molecule has 0 unspecified atom stereocenters. The number of ketones is 1. The van der Waals surface area contributed by atoms with E-state index in [4.69, 9.17) is 10.5 Å². The van der Waals surface area contributed by atoms with Crippen LogP contribution in [0.4, 0.5) is 5.69 Å². The van der Waals surface area contributed by atoms with Gasteiger partial charge in [0.25, 0.3) is 0 Å². The molecule has 2 aromatic rings. The number of phenolic OH excluding ortho intramolecular Hbond substituents is 1. The first-order valence-corrected chi connectivity index (χ1v) is 5.89. The Morgan fingerprint density at radius 1 is 1.15 bits per heavy atom. The summed E-state index contributed by atoms with van der Waals surface area (Å²) in [5, 5.41) is 9.77. The van der Waals surface area contributed by atoms with Crippen molar-refractivity contribution < 1.29 is 19.4 Å². The molecule has 0 heterocycles. The van der Waals surface area contributed by atoms with E-state index in [1.54, 1.807) is 24.3 Å². The highest BCUT2D eigenvalue weighted by Gasteiger charge is 2.16. The topological polar surface area (TPSA) is 89.6 Å². The molecule has 5 nitrogen and oxygen atoms in total. The first-order chi connectivity index (χ1) is 9.49. The minimum absolute atomic E-state index is 0.0294. The molecule has 0 aliphatic carbocycles. The quantitative estimate of drug-likeness (QED) is 0.387. The Kier molecular flexibility index (Phi) is 3.70. The number of anilines is 1. The van der Waals surface area contributed by atoms with Gasteiger partial charge in [-0.25, -0.2) is 4.79 Å². The molecule has 0 radical (unpaired) electrons.